The third-order valence-electron chi connectivity index (χ3n) is 3.67. The second kappa shape index (κ2) is 8.58. The lowest BCUT2D eigenvalue weighted by atomic mass is 9.96. The zero-order valence-electron chi connectivity index (χ0n) is 12.6. The molecule has 0 unspecified atom stereocenters. The molecule has 1 aliphatic rings. The van der Waals surface area contributed by atoms with Gasteiger partial charge in [-0.1, -0.05) is 35.2 Å². The molecule has 0 saturated heterocycles. The zero-order valence-corrected chi connectivity index (χ0v) is 15.0. The van der Waals surface area contributed by atoms with Gasteiger partial charge in [0.05, 0.1) is 5.25 Å². The lowest BCUT2D eigenvalue weighted by molar-refractivity contribution is -0.119. The van der Waals surface area contributed by atoms with Crippen LogP contribution in [-0.4, -0.2) is 23.2 Å². The molecule has 2 N–H and O–H groups in total. The van der Waals surface area contributed by atoms with Crippen molar-refractivity contribution >= 4 is 39.6 Å². The first-order chi connectivity index (χ1) is 10.5. The van der Waals surface area contributed by atoms with E-state index in [0.717, 1.165) is 35.1 Å². The number of rotatable bonds is 4. The average Bonchev–Trinajstić information content (AvgIpc) is 2.50. The van der Waals surface area contributed by atoms with E-state index in [1.54, 1.807) is 6.92 Å². The molecule has 0 spiro atoms. The first kappa shape index (κ1) is 17.3. The summed E-state index contributed by atoms with van der Waals surface area (Å²) in [5.41, 5.74) is 0. The monoisotopic (exact) mass is 384 g/mol. The summed E-state index contributed by atoms with van der Waals surface area (Å²) in [6, 6.07) is 7.59. The lowest BCUT2D eigenvalue weighted by Crippen LogP contribution is -2.47. The molecular weight excluding hydrogens is 364 g/mol. The van der Waals surface area contributed by atoms with Crippen LogP contribution in [0.4, 0.5) is 4.79 Å². The highest BCUT2D eigenvalue weighted by Crippen LogP contribution is 2.25. The highest BCUT2D eigenvalue weighted by atomic mass is 79.9. The normalized spacial score (nSPS) is 16.8. The Morgan fingerprint density at radius 1 is 1.18 bits per heavy atom. The number of imide groups is 1. The van der Waals surface area contributed by atoms with Crippen LogP contribution in [-0.2, 0) is 4.79 Å². The van der Waals surface area contributed by atoms with Gasteiger partial charge in [-0.15, -0.1) is 11.8 Å². The molecule has 0 bridgehead atoms. The van der Waals surface area contributed by atoms with Crippen LogP contribution in [0.5, 0.6) is 0 Å². The number of thioether (sulfide) groups is 1. The number of benzene rings is 1. The maximum atomic E-state index is 12.1. The summed E-state index contributed by atoms with van der Waals surface area (Å²) < 4.78 is 1.00. The van der Waals surface area contributed by atoms with Crippen molar-refractivity contribution in [1.29, 1.82) is 0 Å². The molecule has 1 saturated carbocycles. The van der Waals surface area contributed by atoms with Crippen LogP contribution < -0.4 is 10.6 Å². The molecule has 2 rings (SSSR count). The molecule has 0 aromatic heterocycles. The predicted molar refractivity (Wildman–Crippen MR) is 93.0 cm³/mol. The van der Waals surface area contributed by atoms with Crippen molar-refractivity contribution in [2.45, 2.75) is 55.2 Å². The Balaban J connectivity index is 1.77. The van der Waals surface area contributed by atoms with E-state index < -0.39 is 0 Å². The van der Waals surface area contributed by atoms with Gasteiger partial charge in [0.15, 0.2) is 0 Å². The molecular formula is C16H21BrN2O2S. The van der Waals surface area contributed by atoms with Crippen molar-refractivity contribution in [3.8, 4) is 0 Å². The molecule has 1 atom stereocenters. The first-order valence-electron chi connectivity index (χ1n) is 7.58. The summed E-state index contributed by atoms with van der Waals surface area (Å²) in [6.45, 7) is 1.80. The Morgan fingerprint density at radius 2 is 1.82 bits per heavy atom. The summed E-state index contributed by atoms with van der Waals surface area (Å²) in [5.74, 6) is -0.263. The standard InChI is InChI=1S/C16H21BrN2O2S/c1-11(22-14-9-7-12(17)8-10-14)15(20)19-16(21)18-13-5-3-2-4-6-13/h7-11,13H,2-6H2,1H3,(H2,18,19,20,21)/t11-/m0/s1. The summed E-state index contributed by atoms with van der Waals surface area (Å²) in [7, 11) is 0. The number of carbonyl (C=O) groups excluding carboxylic acids is 2. The van der Waals surface area contributed by atoms with Gasteiger partial charge >= 0.3 is 6.03 Å². The van der Waals surface area contributed by atoms with Crippen molar-refractivity contribution in [1.82, 2.24) is 10.6 Å². The molecule has 22 heavy (non-hydrogen) atoms. The smallest absolute Gasteiger partial charge is 0.321 e. The summed E-state index contributed by atoms with van der Waals surface area (Å²) in [4.78, 5) is 24.9. The molecule has 1 aromatic carbocycles. The molecule has 3 amide bonds. The summed E-state index contributed by atoms with van der Waals surface area (Å²) in [6.07, 6.45) is 5.54. The highest BCUT2D eigenvalue weighted by Gasteiger charge is 2.20. The molecule has 1 aliphatic carbocycles. The van der Waals surface area contributed by atoms with Gasteiger partial charge in [-0.25, -0.2) is 4.79 Å². The summed E-state index contributed by atoms with van der Waals surface area (Å²) >= 11 is 4.81. The fourth-order valence-electron chi connectivity index (χ4n) is 2.45. The maximum absolute atomic E-state index is 12.1. The van der Waals surface area contributed by atoms with Gasteiger partial charge in [0.2, 0.25) is 5.91 Å². The number of carbonyl (C=O) groups is 2. The zero-order chi connectivity index (χ0) is 15.9. The maximum Gasteiger partial charge on any atom is 0.321 e. The number of hydrogen-bond acceptors (Lipinski definition) is 3. The largest absolute Gasteiger partial charge is 0.335 e. The van der Waals surface area contributed by atoms with E-state index in [9.17, 15) is 9.59 Å². The van der Waals surface area contributed by atoms with E-state index in [2.05, 4.69) is 26.6 Å². The van der Waals surface area contributed by atoms with Gasteiger partial charge in [-0.2, -0.15) is 0 Å². The third kappa shape index (κ3) is 5.65. The van der Waals surface area contributed by atoms with Gasteiger partial charge in [-0.3, -0.25) is 10.1 Å². The van der Waals surface area contributed by atoms with Crippen LogP contribution >= 0.6 is 27.7 Å². The molecule has 0 heterocycles. The van der Waals surface area contributed by atoms with Crippen molar-refractivity contribution in [3.05, 3.63) is 28.7 Å². The van der Waals surface area contributed by atoms with Gasteiger partial charge < -0.3 is 5.32 Å². The Hall–Kier alpha value is -1.01. The Morgan fingerprint density at radius 3 is 2.45 bits per heavy atom. The van der Waals surface area contributed by atoms with Crippen molar-refractivity contribution < 1.29 is 9.59 Å². The number of hydrogen-bond donors (Lipinski definition) is 2. The first-order valence-corrected chi connectivity index (χ1v) is 9.25. The van der Waals surface area contributed by atoms with Gasteiger partial charge in [0.1, 0.15) is 0 Å². The predicted octanol–water partition coefficient (Wildman–Crippen LogP) is 4.09. The molecule has 1 aromatic rings. The molecule has 6 heteroatoms. The van der Waals surface area contributed by atoms with Crippen LogP contribution in [0.2, 0.25) is 0 Å². The SMILES string of the molecule is C[C@H](Sc1ccc(Br)cc1)C(=O)NC(=O)NC1CCCCC1. The van der Waals surface area contributed by atoms with Crippen LogP contribution in [0.3, 0.4) is 0 Å². The minimum absolute atomic E-state index is 0.205. The van der Waals surface area contributed by atoms with Crippen LogP contribution in [0.15, 0.2) is 33.6 Å². The summed E-state index contributed by atoms with van der Waals surface area (Å²) in [5, 5.41) is 5.01. The van der Waals surface area contributed by atoms with Crippen molar-refractivity contribution in [3.63, 3.8) is 0 Å². The van der Waals surface area contributed by atoms with Gasteiger partial charge in [0, 0.05) is 15.4 Å². The Bertz CT molecular complexity index is 515. The van der Waals surface area contributed by atoms with Crippen LogP contribution in [0.25, 0.3) is 0 Å². The van der Waals surface area contributed by atoms with E-state index in [-0.39, 0.29) is 23.2 Å². The fraction of sp³-hybridized carbons (Fsp3) is 0.500. The second-order valence-corrected chi connectivity index (χ2v) is 7.84. The number of amides is 3. The number of nitrogens with one attached hydrogen (secondary N) is 2. The lowest BCUT2D eigenvalue weighted by Gasteiger charge is -2.23. The second-order valence-electron chi connectivity index (χ2n) is 5.51. The minimum atomic E-state index is -0.375. The van der Waals surface area contributed by atoms with Crippen LogP contribution in [0, 0.1) is 0 Å². The fourth-order valence-corrected chi connectivity index (χ4v) is 3.58. The van der Waals surface area contributed by atoms with E-state index >= 15 is 0 Å². The molecule has 120 valence electrons. The molecule has 0 radical (unpaired) electrons. The van der Waals surface area contributed by atoms with Crippen molar-refractivity contribution in [2.24, 2.45) is 0 Å². The average molecular weight is 385 g/mol. The third-order valence-corrected chi connectivity index (χ3v) is 5.31. The van der Waals surface area contributed by atoms with Crippen molar-refractivity contribution in [2.75, 3.05) is 0 Å². The Kier molecular flexibility index (Phi) is 6.76. The quantitative estimate of drug-likeness (QED) is 0.768. The van der Waals surface area contributed by atoms with E-state index in [4.69, 9.17) is 0 Å². The van der Waals surface area contributed by atoms with E-state index in [1.165, 1.54) is 18.2 Å². The van der Waals surface area contributed by atoms with Crippen LogP contribution in [0.1, 0.15) is 39.0 Å². The molecule has 0 aliphatic heterocycles. The minimum Gasteiger partial charge on any atom is -0.335 e. The molecule has 1 fully saturated rings. The molecule has 4 nitrogen and oxygen atoms in total. The number of urea groups is 1. The van der Waals surface area contributed by atoms with E-state index in [1.807, 2.05) is 24.3 Å². The highest BCUT2D eigenvalue weighted by molar-refractivity contribution is 9.10. The van der Waals surface area contributed by atoms with E-state index in [0.29, 0.717) is 0 Å². The number of halogens is 1. The van der Waals surface area contributed by atoms with Gasteiger partial charge in [0.25, 0.3) is 0 Å². The topological polar surface area (TPSA) is 58.2 Å². The van der Waals surface area contributed by atoms with Gasteiger partial charge in [-0.05, 0) is 44.0 Å². The Labute approximate surface area is 143 Å².